The smallest absolute Gasteiger partial charge is 0.211 e. The molecule has 0 aliphatic rings. The Balaban J connectivity index is 3.79. The molecule has 58 valence electrons. The van der Waals surface area contributed by atoms with Gasteiger partial charge >= 0.3 is 0 Å². The van der Waals surface area contributed by atoms with Gasteiger partial charge in [-0.1, -0.05) is 20.8 Å². The van der Waals surface area contributed by atoms with Crippen LogP contribution < -0.4 is 0 Å². The van der Waals surface area contributed by atoms with Crippen LogP contribution in [0.5, 0.6) is 0 Å². The Bertz CT molecular complexity index is 140. The maximum absolute atomic E-state index is 9.81. The number of carbonyl (C=O) groups excluding carboxylic acids is 1. The maximum atomic E-state index is 9.81. The Labute approximate surface area is 62.4 Å². The monoisotopic (exact) mass is 141 g/mol. The van der Waals surface area contributed by atoms with Crippen LogP contribution in [0.25, 0.3) is 0 Å². The van der Waals surface area contributed by atoms with E-state index in [1.54, 1.807) is 6.08 Å². The van der Waals surface area contributed by atoms with Gasteiger partial charge in [-0.05, 0) is 18.8 Å². The summed E-state index contributed by atoms with van der Waals surface area (Å²) in [7, 11) is 0. The third kappa shape index (κ3) is 5.52. The van der Waals surface area contributed by atoms with E-state index in [0.717, 1.165) is 6.42 Å². The fraction of sp³-hybridized carbons (Fsp3) is 0.875. The van der Waals surface area contributed by atoms with E-state index in [4.69, 9.17) is 0 Å². The zero-order valence-electron chi connectivity index (χ0n) is 7.14. The summed E-state index contributed by atoms with van der Waals surface area (Å²) in [6, 6.07) is 0.109. The minimum atomic E-state index is 0.109. The summed E-state index contributed by atoms with van der Waals surface area (Å²) in [5.74, 6) is 0. The third-order valence-electron chi connectivity index (χ3n) is 1.18. The third-order valence-corrected chi connectivity index (χ3v) is 1.18. The van der Waals surface area contributed by atoms with E-state index >= 15 is 0 Å². The highest BCUT2D eigenvalue weighted by Gasteiger charge is 2.13. The number of rotatable bonds is 2. The van der Waals surface area contributed by atoms with Crippen LogP contribution in [0.3, 0.4) is 0 Å². The van der Waals surface area contributed by atoms with Crippen molar-refractivity contribution in [1.29, 1.82) is 0 Å². The molecule has 10 heavy (non-hydrogen) atoms. The predicted molar refractivity (Wildman–Crippen MR) is 41.7 cm³/mol. The van der Waals surface area contributed by atoms with Gasteiger partial charge in [0.25, 0.3) is 0 Å². The topological polar surface area (TPSA) is 29.4 Å². The standard InChI is InChI=1S/C8H15NO/c1-7(9-6-10)5-8(2,3)4/h7H,5H2,1-4H3. The Hall–Kier alpha value is -0.620. The van der Waals surface area contributed by atoms with E-state index < -0.39 is 0 Å². The lowest BCUT2D eigenvalue weighted by molar-refractivity contribution is 0.349. The van der Waals surface area contributed by atoms with Gasteiger partial charge in [-0.25, -0.2) is 9.79 Å². The molecule has 0 saturated heterocycles. The van der Waals surface area contributed by atoms with Gasteiger partial charge in [0.1, 0.15) is 0 Å². The van der Waals surface area contributed by atoms with Crippen LogP contribution in [0.1, 0.15) is 34.1 Å². The summed E-state index contributed by atoms with van der Waals surface area (Å²) in [5.41, 5.74) is 0.250. The molecule has 1 atom stereocenters. The molecule has 0 aliphatic heterocycles. The van der Waals surface area contributed by atoms with Crippen LogP contribution >= 0.6 is 0 Å². The second-order valence-corrected chi connectivity index (χ2v) is 3.83. The zero-order chi connectivity index (χ0) is 8.20. The first-order chi connectivity index (χ1) is 4.45. The molecule has 0 rings (SSSR count). The second kappa shape index (κ2) is 3.52. The SMILES string of the molecule is CC(CC(C)(C)C)N=C=O. The highest BCUT2D eigenvalue weighted by atomic mass is 16.1. The lowest BCUT2D eigenvalue weighted by Gasteiger charge is -2.19. The average molecular weight is 141 g/mol. The predicted octanol–water partition coefficient (Wildman–Crippen LogP) is 2.15. The molecule has 2 nitrogen and oxygen atoms in total. The van der Waals surface area contributed by atoms with Crippen molar-refractivity contribution in [3.8, 4) is 0 Å². The fourth-order valence-electron chi connectivity index (χ4n) is 1.02. The normalized spacial score (nSPS) is 14.0. The molecule has 0 amide bonds. The van der Waals surface area contributed by atoms with Crippen molar-refractivity contribution in [2.24, 2.45) is 10.4 Å². The van der Waals surface area contributed by atoms with Crippen LogP contribution in [0.2, 0.25) is 0 Å². The van der Waals surface area contributed by atoms with Gasteiger partial charge < -0.3 is 0 Å². The van der Waals surface area contributed by atoms with Crippen molar-refractivity contribution in [2.75, 3.05) is 0 Å². The molecule has 0 radical (unpaired) electrons. The molecule has 0 heterocycles. The fourth-order valence-corrected chi connectivity index (χ4v) is 1.02. The molecule has 0 aromatic heterocycles. The lowest BCUT2D eigenvalue weighted by Crippen LogP contribution is -2.12. The van der Waals surface area contributed by atoms with Crippen molar-refractivity contribution in [2.45, 2.75) is 40.2 Å². The highest BCUT2D eigenvalue weighted by Crippen LogP contribution is 2.21. The van der Waals surface area contributed by atoms with Crippen LogP contribution in [-0.4, -0.2) is 12.1 Å². The van der Waals surface area contributed by atoms with Gasteiger partial charge in [0.2, 0.25) is 6.08 Å². The van der Waals surface area contributed by atoms with Gasteiger partial charge in [0, 0.05) is 0 Å². The van der Waals surface area contributed by atoms with E-state index in [1.165, 1.54) is 0 Å². The van der Waals surface area contributed by atoms with E-state index in [-0.39, 0.29) is 11.5 Å². The molecule has 0 N–H and O–H groups in total. The van der Waals surface area contributed by atoms with Gasteiger partial charge in [0.05, 0.1) is 6.04 Å². The molecule has 0 fully saturated rings. The summed E-state index contributed by atoms with van der Waals surface area (Å²) < 4.78 is 0. The minimum absolute atomic E-state index is 0.109. The summed E-state index contributed by atoms with van der Waals surface area (Å²) in [5, 5.41) is 0. The number of nitrogens with zero attached hydrogens (tertiary/aromatic N) is 1. The molecule has 0 spiro atoms. The Kier molecular flexibility index (Phi) is 3.31. The van der Waals surface area contributed by atoms with Crippen molar-refractivity contribution in [1.82, 2.24) is 0 Å². The first-order valence-corrected chi connectivity index (χ1v) is 3.53. The van der Waals surface area contributed by atoms with E-state index in [9.17, 15) is 4.79 Å². The first kappa shape index (κ1) is 9.38. The summed E-state index contributed by atoms with van der Waals surface area (Å²) in [4.78, 5) is 13.4. The van der Waals surface area contributed by atoms with E-state index in [2.05, 4.69) is 25.8 Å². The minimum Gasteiger partial charge on any atom is -0.211 e. The second-order valence-electron chi connectivity index (χ2n) is 3.83. The highest BCUT2D eigenvalue weighted by molar-refractivity contribution is 5.33. The summed E-state index contributed by atoms with van der Waals surface area (Å²) in [6.45, 7) is 8.31. The van der Waals surface area contributed by atoms with Crippen LogP contribution in [-0.2, 0) is 4.79 Å². The Morgan fingerprint density at radius 1 is 1.50 bits per heavy atom. The lowest BCUT2D eigenvalue weighted by atomic mass is 9.89. The summed E-state index contributed by atoms with van der Waals surface area (Å²) in [6.07, 6.45) is 2.50. The maximum Gasteiger partial charge on any atom is 0.235 e. The largest absolute Gasteiger partial charge is 0.235 e. The van der Waals surface area contributed by atoms with Crippen molar-refractivity contribution >= 4 is 6.08 Å². The quantitative estimate of drug-likeness (QED) is 0.428. The molecular formula is C8H15NO. The number of hydrogen-bond acceptors (Lipinski definition) is 2. The van der Waals surface area contributed by atoms with Crippen LogP contribution in [0.4, 0.5) is 0 Å². The van der Waals surface area contributed by atoms with Crippen LogP contribution in [0.15, 0.2) is 4.99 Å². The molecule has 0 bridgehead atoms. The van der Waals surface area contributed by atoms with Gasteiger partial charge in [-0.3, -0.25) is 0 Å². The first-order valence-electron chi connectivity index (χ1n) is 3.53. The van der Waals surface area contributed by atoms with Crippen molar-refractivity contribution in [3.63, 3.8) is 0 Å². The molecule has 0 aromatic carbocycles. The van der Waals surface area contributed by atoms with E-state index in [0.29, 0.717) is 0 Å². The molecule has 2 heteroatoms. The zero-order valence-corrected chi connectivity index (χ0v) is 7.14. The molecule has 0 aliphatic carbocycles. The van der Waals surface area contributed by atoms with Gasteiger partial charge in [-0.2, -0.15) is 0 Å². The number of aliphatic imine (C=N–C) groups is 1. The van der Waals surface area contributed by atoms with Crippen molar-refractivity contribution < 1.29 is 4.79 Å². The molecule has 1 unspecified atom stereocenters. The molecule has 0 saturated carbocycles. The van der Waals surface area contributed by atoms with Crippen LogP contribution in [0, 0.1) is 5.41 Å². The summed E-state index contributed by atoms with van der Waals surface area (Å²) >= 11 is 0. The molecule has 0 aromatic rings. The molecular weight excluding hydrogens is 126 g/mol. The van der Waals surface area contributed by atoms with Gasteiger partial charge in [-0.15, -0.1) is 0 Å². The van der Waals surface area contributed by atoms with Crippen molar-refractivity contribution in [3.05, 3.63) is 0 Å². The van der Waals surface area contributed by atoms with Gasteiger partial charge in [0.15, 0.2) is 0 Å². The number of isocyanates is 1. The average Bonchev–Trinajstić information content (AvgIpc) is 1.59. The van der Waals surface area contributed by atoms with E-state index in [1.807, 2.05) is 6.92 Å². The Morgan fingerprint density at radius 2 is 2.00 bits per heavy atom. The number of hydrogen-bond donors (Lipinski definition) is 0. The Morgan fingerprint density at radius 3 is 2.30 bits per heavy atom.